The van der Waals surface area contributed by atoms with Gasteiger partial charge >= 0.3 is 5.97 Å². The molecule has 0 bridgehead atoms. The predicted octanol–water partition coefficient (Wildman–Crippen LogP) is 0.483. The van der Waals surface area contributed by atoms with Crippen molar-refractivity contribution < 1.29 is 14.7 Å². The van der Waals surface area contributed by atoms with Gasteiger partial charge in [0.2, 0.25) is 5.91 Å². The molecule has 0 heterocycles. The van der Waals surface area contributed by atoms with E-state index in [1.807, 2.05) is 0 Å². The molecule has 5 heteroatoms. The number of hydrogen-bond donors (Lipinski definition) is 3. The number of carbonyl (C=O) groups is 2. The molecular formula is C11H20N2O3. The Hall–Kier alpha value is -1.10. The van der Waals surface area contributed by atoms with Gasteiger partial charge in [0.15, 0.2) is 0 Å². The van der Waals surface area contributed by atoms with E-state index < -0.39 is 11.9 Å². The summed E-state index contributed by atoms with van der Waals surface area (Å²) in [5.74, 6) is -1.64. The molecule has 0 aromatic rings. The van der Waals surface area contributed by atoms with Gasteiger partial charge in [-0.05, 0) is 33.1 Å². The molecule has 5 nitrogen and oxygen atoms in total. The molecule has 1 amide bonds. The fourth-order valence-corrected chi connectivity index (χ4v) is 1.77. The molecule has 1 aliphatic rings. The first-order valence-corrected chi connectivity index (χ1v) is 5.65. The molecule has 0 aliphatic heterocycles. The Kier molecular flexibility index (Phi) is 3.91. The number of carboxylic acids is 1. The summed E-state index contributed by atoms with van der Waals surface area (Å²) in [4.78, 5) is 22.3. The van der Waals surface area contributed by atoms with Gasteiger partial charge in [0.25, 0.3) is 0 Å². The highest BCUT2D eigenvalue weighted by atomic mass is 16.4. The van der Waals surface area contributed by atoms with E-state index in [0.29, 0.717) is 6.42 Å². The van der Waals surface area contributed by atoms with Gasteiger partial charge < -0.3 is 16.2 Å². The van der Waals surface area contributed by atoms with Crippen LogP contribution in [0.2, 0.25) is 0 Å². The summed E-state index contributed by atoms with van der Waals surface area (Å²) in [5.41, 5.74) is 5.59. The molecule has 1 saturated carbocycles. The molecular weight excluding hydrogens is 208 g/mol. The lowest BCUT2D eigenvalue weighted by molar-refractivity contribution is -0.142. The first kappa shape index (κ1) is 13.0. The Labute approximate surface area is 95.4 Å². The maximum Gasteiger partial charge on any atom is 0.308 e. The number of aliphatic carboxylic acids is 1. The van der Waals surface area contributed by atoms with Crippen molar-refractivity contribution in [1.82, 2.24) is 5.32 Å². The van der Waals surface area contributed by atoms with Crippen molar-refractivity contribution in [1.29, 1.82) is 0 Å². The second kappa shape index (κ2) is 4.82. The largest absolute Gasteiger partial charge is 0.481 e. The van der Waals surface area contributed by atoms with Crippen LogP contribution in [0.1, 0.15) is 39.5 Å². The van der Waals surface area contributed by atoms with Gasteiger partial charge in [-0.2, -0.15) is 0 Å². The SMILES string of the molecule is CC(NC(=O)CC1(N)CCC1)C(C)C(=O)O. The molecule has 92 valence electrons. The van der Waals surface area contributed by atoms with Crippen molar-refractivity contribution in [3.8, 4) is 0 Å². The molecule has 16 heavy (non-hydrogen) atoms. The number of carbonyl (C=O) groups excluding carboxylic acids is 1. The van der Waals surface area contributed by atoms with E-state index in [1.54, 1.807) is 13.8 Å². The maximum absolute atomic E-state index is 11.6. The first-order chi connectivity index (χ1) is 7.34. The van der Waals surface area contributed by atoms with Gasteiger partial charge in [0, 0.05) is 18.0 Å². The average molecular weight is 228 g/mol. The third-order valence-corrected chi connectivity index (χ3v) is 3.39. The summed E-state index contributed by atoms with van der Waals surface area (Å²) >= 11 is 0. The number of hydrogen-bond acceptors (Lipinski definition) is 3. The summed E-state index contributed by atoms with van der Waals surface area (Å²) in [6.45, 7) is 3.27. The van der Waals surface area contributed by atoms with Gasteiger partial charge in [-0.15, -0.1) is 0 Å². The molecule has 0 saturated heterocycles. The average Bonchev–Trinajstić information content (AvgIpc) is 2.13. The van der Waals surface area contributed by atoms with Crippen LogP contribution in [0, 0.1) is 5.92 Å². The fraction of sp³-hybridized carbons (Fsp3) is 0.818. The Bertz CT molecular complexity index is 287. The highest BCUT2D eigenvalue weighted by Crippen LogP contribution is 2.31. The van der Waals surface area contributed by atoms with Crippen LogP contribution in [0.3, 0.4) is 0 Å². The number of carboxylic acid groups (broad SMARTS) is 1. The van der Waals surface area contributed by atoms with E-state index in [2.05, 4.69) is 5.32 Å². The predicted molar refractivity (Wildman–Crippen MR) is 59.8 cm³/mol. The van der Waals surface area contributed by atoms with Crippen molar-refractivity contribution in [3.05, 3.63) is 0 Å². The monoisotopic (exact) mass is 228 g/mol. The zero-order valence-corrected chi connectivity index (χ0v) is 9.82. The van der Waals surface area contributed by atoms with E-state index in [0.717, 1.165) is 19.3 Å². The minimum atomic E-state index is -0.904. The molecule has 0 aromatic heterocycles. The first-order valence-electron chi connectivity index (χ1n) is 5.65. The van der Waals surface area contributed by atoms with Gasteiger partial charge in [0.1, 0.15) is 0 Å². The number of nitrogens with two attached hydrogens (primary N) is 1. The summed E-state index contributed by atoms with van der Waals surface area (Å²) < 4.78 is 0. The highest BCUT2D eigenvalue weighted by molar-refractivity contribution is 5.79. The molecule has 0 radical (unpaired) electrons. The lowest BCUT2D eigenvalue weighted by Gasteiger charge is -2.37. The van der Waals surface area contributed by atoms with E-state index in [1.165, 1.54) is 0 Å². The van der Waals surface area contributed by atoms with Crippen LogP contribution in [0.5, 0.6) is 0 Å². The van der Waals surface area contributed by atoms with Crippen molar-refractivity contribution >= 4 is 11.9 Å². The van der Waals surface area contributed by atoms with Crippen LogP contribution in [-0.4, -0.2) is 28.6 Å². The minimum Gasteiger partial charge on any atom is -0.481 e. The summed E-state index contributed by atoms with van der Waals surface area (Å²) in [7, 11) is 0. The maximum atomic E-state index is 11.6. The molecule has 0 spiro atoms. The molecule has 0 aromatic carbocycles. The molecule has 1 aliphatic carbocycles. The Morgan fingerprint density at radius 1 is 1.44 bits per heavy atom. The third-order valence-electron chi connectivity index (χ3n) is 3.39. The lowest BCUT2D eigenvalue weighted by Crippen LogP contribution is -2.51. The van der Waals surface area contributed by atoms with Gasteiger partial charge in [-0.25, -0.2) is 0 Å². The van der Waals surface area contributed by atoms with Gasteiger partial charge in [0.05, 0.1) is 5.92 Å². The van der Waals surface area contributed by atoms with Crippen molar-refractivity contribution in [2.75, 3.05) is 0 Å². The van der Waals surface area contributed by atoms with E-state index in [-0.39, 0.29) is 17.5 Å². The quantitative estimate of drug-likeness (QED) is 0.638. The van der Waals surface area contributed by atoms with Crippen molar-refractivity contribution in [2.24, 2.45) is 11.7 Å². The second-order valence-electron chi connectivity index (χ2n) is 4.88. The molecule has 2 unspecified atom stereocenters. The topological polar surface area (TPSA) is 92.4 Å². The standard InChI is InChI=1S/C11H20N2O3/c1-7(10(15)16)8(2)13-9(14)6-11(12)4-3-5-11/h7-8H,3-6,12H2,1-2H3,(H,13,14)(H,15,16). The highest BCUT2D eigenvalue weighted by Gasteiger charge is 2.35. The van der Waals surface area contributed by atoms with E-state index in [4.69, 9.17) is 10.8 Å². The van der Waals surface area contributed by atoms with Crippen LogP contribution in [-0.2, 0) is 9.59 Å². The van der Waals surface area contributed by atoms with Crippen molar-refractivity contribution in [3.63, 3.8) is 0 Å². The summed E-state index contributed by atoms with van der Waals surface area (Å²) in [6, 6.07) is -0.367. The number of amides is 1. The van der Waals surface area contributed by atoms with Crippen LogP contribution >= 0.6 is 0 Å². The Morgan fingerprint density at radius 2 is 2.00 bits per heavy atom. The minimum absolute atomic E-state index is 0.150. The van der Waals surface area contributed by atoms with Gasteiger partial charge in [-0.1, -0.05) is 0 Å². The van der Waals surface area contributed by atoms with E-state index in [9.17, 15) is 9.59 Å². The lowest BCUT2D eigenvalue weighted by atomic mass is 9.75. The second-order valence-corrected chi connectivity index (χ2v) is 4.88. The molecule has 2 atom stereocenters. The molecule has 4 N–H and O–H groups in total. The van der Waals surface area contributed by atoms with Crippen LogP contribution in [0.4, 0.5) is 0 Å². The zero-order chi connectivity index (χ0) is 12.3. The molecule has 1 rings (SSSR count). The van der Waals surface area contributed by atoms with E-state index >= 15 is 0 Å². The summed E-state index contributed by atoms with van der Waals surface area (Å²) in [6.07, 6.45) is 3.13. The van der Waals surface area contributed by atoms with Crippen LogP contribution in [0.15, 0.2) is 0 Å². The number of rotatable bonds is 5. The zero-order valence-electron chi connectivity index (χ0n) is 9.82. The van der Waals surface area contributed by atoms with Gasteiger partial charge in [-0.3, -0.25) is 9.59 Å². The van der Waals surface area contributed by atoms with Crippen LogP contribution < -0.4 is 11.1 Å². The smallest absolute Gasteiger partial charge is 0.308 e. The fourth-order valence-electron chi connectivity index (χ4n) is 1.77. The number of nitrogens with one attached hydrogen (secondary N) is 1. The molecule has 1 fully saturated rings. The Balaban J connectivity index is 2.36. The van der Waals surface area contributed by atoms with Crippen LogP contribution in [0.25, 0.3) is 0 Å². The third kappa shape index (κ3) is 3.20. The normalized spacial score (nSPS) is 21.7. The summed E-state index contributed by atoms with van der Waals surface area (Å²) in [5, 5.41) is 11.5. The van der Waals surface area contributed by atoms with Crippen molar-refractivity contribution in [2.45, 2.75) is 51.1 Å². The Morgan fingerprint density at radius 3 is 2.38 bits per heavy atom.